The summed E-state index contributed by atoms with van der Waals surface area (Å²) < 4.78 is 5.00. The molecule has 1 saturated carbocycles. The van der Waals surface area contributed by atoms with E-state index in [4.69, 9.17) is 4.74 Å². The summed E-state index contributed by atoms with van der Waals surface area (Å²) in [5.41, 5.74) is -0.405. The molecule has 0 aromatic rings. The molecule has 1 aliphatic heterocycles. The van der Waals surface area contributed by atoms with Crippen LogP contribution >= 0.6 is 0 Å². The van der Waals surface area contributed by atoms with Crippen LogP contribution in [0.3, 0.4) is 0 Å². The quantitative estimate of drug-likeness (QED) is 0.714. The number of carbonyl (C=O) groups excluding carboxylic acids is 1. The van der Waals surface area contributed by atoms with Gasteiger partial charge in [0.25, 0.3) is 0 Å². The molecule has 1 unspecified atom stereocenters. The van der Waals surface area contributed by atoms with E-state index < -0.39 is 5.54 Å². The molecule has 4 heteroatoms. The van der Waals surface area contributed by atoms with Crippen molar-refractivity contribution < 1.29 is 9.53 Å². The number of carbonyl (C=O) groups is 1. The zero-order valence-corrected chi connectivity index (χ0v) is 10.3. The molecule has 1 aliphatic carbocycles. The van der Waals surface area contributed by atoms with E-state index in [1.54, 1.807) is 0 Å². The smallest absolute Gasteiger partial charge is 0.326 e. The predicted molar refractivity (Wildman–Crippen MR) is 62.2 cm³/mol. The molecule has 2 aliphatic rings. The zero-order valence-electron chi connectivity index (χ0n) is 10.3. The number of hydrogen-bond donors (Lipinski definition) is 1. The second-order valence-electron chi connectivity index (χ2n) is 5.15. The van der Waals surface area contributed by atoms with Crippen LogP contribution in [0.5, 0.6) is 0 Å². The minimum atomic E-state index is -0.405. The summed E-state index contributed by atoms with van der Waals surface area (Å²) in [4.78, 5) is 14.3. The Hall–Kier alpha value is -0.610. The number of nitrogens with one attached hydrogen (secondary N) is 1. The predicted octanol–water partition coefficient (Wildman–Crippen LogP) is 0.623. The van der Waals surface area contributed by atoms with E-state index in [1.165, 1.54) is 20.0 Å². The van der Waals surface area contributed by atoms with E-state index >= 15 is 0 Å². The van der Waals surface area contributed by atoms with Crippen molar-refractivity contribution in [3.8, 4) is 0 Å². The van der Waals surface area contributed by atoms with E-state index in [0.717, 1.165) is 38.5 Å². The Labute approximate surface area is 97.3 Å². The Balaban J connectivity index is 2.07. The summed E-state index contributed by atoms with van der Waals surface area (Å²) in [5, 5.41) is 3.32. The molecule has 4 nitrogen and oxygen atoms in total. The molecule has 0 radical (unpaired) electrons. The fraction of sp³-hybridized carbons (Fsp3) is 0.917. The van der Waals surface area contributed by atoms with E-state index in [0.29, 0.717) is 0 Å². The van der Waals surface area contributed by atoms with Gasteiger partial charge in [-0.05, 0) is 19.3 Å². The van der Waals surface area contributed by atoms with Gasteiger partial charge in [-0.1, -0.05) is 12.8 Å². The highest BCUT2D eigenvalue weighted by Gasteiger charge is 2.44. The minimum absolute atomic E-state index is 0.0682. The van der Waals surface area contributed by atoms with Crippen LogP contribution < -0.4 is 5.32 Å². The molecule has 2 rings (SSSR count). The van der Waals surface area contributed by atoms with E-state index in [1.807, 2.05) is 6.92 Å². The van der Waals surface area contributed by atoms with Crippen molar-refractivity contribution in [2.45, 2.75) is 31.7 Å². The molecule has 1 saturated heterocycles. The first-order valence-electron chi connectivity index (χ1n) is 6.21. The Morgan fingerprint density at radius 2 is 2.06 bits per heavy atom. The van der Waals surface area contributed by atoms with Gasteiger partial charge >= 0.3 is 5.97 Å². The van der Waals surface area contributed by atoms with Gasteiger partial charge < -0.3 is 10.1 Å². The monoisotopic (exact) mass is 226 g/mol. The molecule has 16 heavy (non-hydrogen) atoms. The van der Waals surface area contributed by atoms with E-state index in [9.17, 15) is 4.79 Å². The molecule has 0 spiro atoms. The number of rotatable bonds is 4. The lowest BCUT2D eigenvalue weighted by Crippen LogP contribution is -2.59. The van der Waals surface area contributed by atoms with E-state index in [2.05, 4.69) is 10.2 Å². The minimum Gasteiger partial charge on any atom is -0.468 e. The third kappa shape index (κ3) is 2.38. The molecule has 1 atom stereocenters. The lowest BCUT2D eigenvalue weighted by Gasteiger charge is -2.41. The van der Waals surface area contributed by atoms with Crippen LogP contribution in [0.2, 0.25) is 0 Å². The summed E-state index contributed by atoms with van der Waals surface area (Å²) in [6.45, 7) is 5.87. The standard InChI is InChI=1S/C12H22N2O2/c1-12(11(15)16-2,9-10-3-4-10)14-7-5-13-6-8-14/h10,13H,3-9H2,1-2H3. The maximum absolute atomic E-state index is 12.0. The van der Waals surface area contributed by atoms with Crippen LogP contribution in [0.15, 0.2) is 0 Å². The van der Waals surface area contributed by atoms with Crippen molar-refractivity contribution in [3.63, 3.8) is 0 Å². The molecule has 1 heterocycles. The average molecular weight is 226 g/mol. The highest BCUT2D eigenvalue weighted by atomic mass is 16.5. The number of hydrogen-bond acceptors (Lipinski definition) is 4. The second kappa shape index (κ2) is 4.72. The summed E-state index contributed by atoms with van der Waals surface area (Å²) in [6.07, 6.45) is 3.51. The normalized spacial score (nSPS) is 26.1. The molecule has 2 fully saturated rings. The zero-order chi connectivity index (χ0) is 11.6. The molecular weight excluding hydrogens is 204 g/mol. The fourth-order valence-electron chi connectivity index (χ4n) is 2.60. The van der Waals surface area contributed by atoms with Gasteiger partial charge in [0.2, 0.25) is 0 Å². The molecule has 0 bridgehead atoms. The van der Waals surface area contributed by atoms with Gasteiger partial charge in [-0.15, -0.1) is 0 Å². The number of esters is 1. The summed E-state index contributed by atoms with van der Waals surface area (Å²) >= 11 is 0. The van der Waals surface area contributed by atoms with Crippen molar-refractivity contribution >= 4 is 5.97 Å². The lowest BCUT2D eigenvalue weighted by atomic mass is 9.92. The first-order chi connectivity index (χ1) is 7.66. The van der Waals surface area contributed by atoms with Crippen molar-refractivity contribution in [1.29, 1.82) is 0 Å². The topological polar surface area (TPSA) is 41.6 Å². The van der Waals surface area contributed by atoms with Crippen molar-refractivity contribution in [2.24, 2.45) is 5.92 Å². The number of piperazine rings is 1. The Morgan fingerprint density at radius 3 is 2.56 bits per heavy atom. The van der Waals surface area contributed by atoms with Crippen LogP contribution in [0.25, 0.3) is 0 Å². The van der Waals surface area contributed by atoms with Gasteiger partial charge in [-0.2, -0.15) is 0 Å². The van der Waals surface area contributed by atoms with Crippen LogP contribution in [0.1, 0.15) is 26.2 Å². The third-order valence-corrected chi connectivity index (χ3v) is 3.82. The maximum Gasteiger partial charge on any atom is 0.326 e. The van der Waals surface area contributed by atoms with Crippen molar-refractivity contribution in [1.82, 2.24) is 10.2 Å². The first-order valence-corrected chi connectivity index (χ1v) is 6.21. The van der Waals surface area contributed by atoms with Crippen LogP contribution in [0.4, 0.5) is 0 Å². The Morgan fingerprint density at radius 1 is 1.44 bits per heavy atom. The summed E-state index contributed by atoms with van der Waals surface area (Å²) in [7, 11) is 1.50. The van der Waals surface area contributed by atoms with Gasteiger partial charge in [-0.3, -0.25) is 9.69 Å². The Bertz CT molecular complexity index is 260. The van der Waals surface area contributed by atoms with Crippen LogP contribution in [-0.4, -0.2) is 49.7 Å². The van der Waals surface area contributed by atoms with Gasteiger partial charge in [0, 0.05) is 26.2 Å². The molecule has 0 aromatic heterocycles. The molecule has 92 valence electrons. The fourth-order valence-corrected chi connectivity index (χ4v) is 2.60. The number of nitrogens with zero attached hydrogens (tertiary/aromatic N) is 1. The number of ether oxygens (including phenoxy) is 1. The second-order valence-corrected chi connectivity index (χ2v) is 5.15. The molecular formula is C12H22N2O2. The van der Waals surface area contributed by atoms with Crippen molar-refractivity contribution in [3.05, 3.63) is 0 Å². The molecule has 0 aromatic carbocycles. The molecule has 1 N–H and O–H groups in total. The van der Waals surface area contributed by atoms with Gasteiger partial charge in [0.1, 0.15) is 5.54 Å². The van der Waals surface area contributed by atoms with Gasteiger partial charge in [0.15, 0.2) is 0 Å². The number of methoxy groups -OCH3 is 1. The highest BCUT2D eigenvalue weighted by molar-refractivity contribution is 5.80. The summed E-state index contributed by atoms with van der Waals surface area (Å²) in [6, 6.07) is 0. The lowest BCUT2D eigenvalue weighted by molar-refractivity contribution is -0.155. The highest BCUT2D eigenvalue weighted by Crippen LogP contribution is 2.39. The van der Waals surface area contributed by atoms with Crippen LogP contribution in [0, 0.1) is 5.92 Å². The first kappa shape index (κ1) is 11.9. The Kier molecular flexibility index (Phi) is 3.50. The van der Waals surface area contributed by atoms with Gasteiger partial charge in [-0.25, -0.2) is 0 Å². The third-order valence-electron chi connectivity index (χ3n) is 3.82. The molecule has 0 amide bonds. The van der Waals surface area contributed by atoms with Crippen molar-refractivity contribution in [2.75, 3.05) is 33.3 Å². The largest absolute Gasteiger partial charge is 0.468 e. The average Bonchev–Trinajstić information content (AvgIpc) is 3.12. The van der Waals surface area contributed by atoms with Crippen LogP contribution in [-0.2, 0) is 9.53 Å². The van der Waals surface area contributed by atoms with Gasteiger partial charge in [0.05, 0.1) is 7.11 Å². The SMILES string of the molecule is COC(=O)C(C)(CC1CC1)N1CCNCC1. The van der Waals surface area contributed by atoms with E-state index in [-0.39, 0.29) is 5.97 Å². The summed E-state index contributed by atoms with van der Waals surface area (Å²) in [5.74, 6) is 0.667. The maximum atomic E-state index is 12.0.